The highest BCUT2D eigenvalue weighted by molar-refractivity contribution is 7.89. The number of rotatable bonds is 8. The van der Waals surface area contributed by atoms with Gasteiger partial charge in [0.25, 0.3) is 0 Å². The minimum Gasteiger partial charge on any atom is -0.379 e. The number of sulfonamides is 1. The Hall–Kier alpha value is -1.64. The van der Waals surface area contributed by atoms with E-state index in [1.54, 1.807) is 19.2 Å². The van der Waals surface area contributed by atoms with Gasteiger partial charge in [-0.3, -0.25) is 4.99 Å². The molecular weight excluding hydrogens is 328 g/mol. The van der Waals surface area contributed by atoms with E-state index < -0.39 is 10.0 Å². The molecule has 0 heterocycles. The molecule has 0 aromatic heterocycles. The standard InChI is InChI=1S/C16H26N4O3S/c1-18-16(20(2)8-9-23-12-13-6-7-13)19-11-14-4-3-5-15(10-14)24(17,21)22/h3-5,10,13H,6-9,11-12H2,1-2H3,(H,18,19)(H2,17,21,22). The Labute approximate surface area is 143 Å². The fourth-order valence-electron chi connectivity index (χ4n) is 2.24. The van der Waals surface area contributed by atoms with Gasteiger partial charge in [-0.1, -0.05) is 12.1 Å². The molecule has 0 saturated heterocycles. The van der Waals surface area contributed by atoms with Crippen molar-refractivity contribution in [1.82, 2.24) is 10.2 Å². The SMILES string of the molecule is CN=C(NCc1cccc(S(N)(=O)=O)c1)N(C)CCOCC1CC1. The zero-order valence-corrected chi connectivity index (χ0v) is 15.1. The molecule has 24 heavy (non-hydrogen) atoms. The number of aliphatic imine (C=N–C) groups is 1. The first kappa shape index (κ1) is 18.7. The third-order valence-corrected chi connectivity index (χ3v) is 4.78. The van der Waals surface area contributed by atoms with Crippen molar-refractivity contribution in [3.63, 3.8) is 0 Å². The smallest absolute Gasteiger partial charge is 0.238 e. The lowest BCUT2D eigenvalue weighted by Crippen LogP contribution is -2.40. The van der Waals surface area contributed by atoms with E-state index in [1.165, 1.54) is 18.9 Å². The predicted molar refractivity (Wildman–Crippen MR) is 94.2 cm³/mol. The van der Waals surface area contributed by atoms with Crippen LogP contribution in [0.2, 0.25) is 0 Å². The molecule has 0 amide bonds. The van der Waals surface area contributed by atoms with Gasteiger partial charge >= 0.3 is 0 Å². The highest BCUT2D eigenvalue weighted by atomic mass is 32.2. The maximum absolute atomic E-state index is 11.4. The van der Waals surface area contributed by atoms with E-state index in [1.807, 2.05) is 18.0 Å². The Morgan fingerprint density at radius 1 is 1.46 bits per heavy atom. The molecule has 2 rings (SSSR count). The molecule has 1 fully saturated rings. The number of likely N-dealkylation sites (N-methyl/N-ethyl adjacent to an activating group) is 1. The van der Waals surface area contributed by atoms with E-state index in [0.717, 1.165) is 30.6 Å². The largest absolute Gasteiger partial charge is 0.379 e. The van der Waals surface area contributed by atoms with Crippen molar-refractivity contribution in [2.24, 2.45) is 16.0 Å². The second-order valence-electron chi connectivity index (χ2n) is 6.03. The van der Waals surface area contributed by atoms with Crippen LogP contribution in [-0.2, 0) is 21.3 Å². The van der Waals surface area contributed by atoms with Crippen LogP contribution in [0.4, 0.5) is 0 Å². The van der Waals surface area contributed by atoms with E-state index in [4.69, 9.17) is 9.88 Å². The number of hydrogen-bond donors (Lipinski definition) is 2. The van der Waals surface area contributed by atoms with Gasteiger partial charge in [-0.15, -0.1) is 0 Å². The van der Waals surface area contributed by atoms with E-state index in [-0.39, 0.29) is 4.90 Å². The summed E-state index contributed by atoms with van der Waals surface area (Å²) in [6, 6.07) is 6.56. The molecule has 0 unspecified atom stereocenters. The molecule has 0 aliphatic heterocycles. The third kappa shape index (κ3) is 6.10. The Morgan fingerprint density at radius 2 is 2.21 bits per heavy atom. The summed E-state index contributed by atoms with van der Waals surface area (Å²) in [4.78, 5) is 6.33. The van der Waals surface area contributed by atoms with Crippen LogP contribution in [-0.4, -0.2) is 53.1 Å². The lowest BCUT2D eigenvalue weighted by atomic mass is 10.2. The number of primary sulfonamides is 1. The van der Waals surface area contributed by atoms with Crippen molar-refractivity contribution >= 4 is 16.0 Å². The van der Waals surface area contributed by atoms with Gasteiger partial charge in [-0.2, -0.15) is 0 Å². The summed E-state index contributed by atoms with van der Waals surface area (Å²) in [6.45, 7) is 2.71. The van der Waals surface area contributed by atoms with E-state index in [9.17, 15) is 8.42 Å². The number of hydrogen-bond acceptors (Lipinski definition) is 4. The maximum atomic E-state index is 11.4. The Morgan fingerprint density at radius 3 is 2.83 bits per heavy atom. The summed E-state index contributed by atoms with van der Waals surface area (Å²) in [7, 11) is -0.0337. The molecular formula is C16H26N4O3S. The number of guanidine groups is 1. The zero-order valence-electron chi connectivity index (χ0n) is 14.2. The van der Waals surface area contributed by atoms with Gasteiger partial charge in [0.1, 0.15) is 0 Å². The second kappa shape index (κ2) is 8.46. The Balaban J connectivity index is 1.81. The van der Waals surface area contributed by atoms with Crippen LogP contribution < -0.4 is 10.5 Å². The summed E-state index contributed by atoms with van der Waals surface area (Å²) in [5.41, 5.74) is 0.820. The molecule has 0 radical (unpaired) electrons. The quantitative estimate of drug-likeness (QED) is 0.408. The average Bonchev–Trinajstić information content (AvgIpc) is 3.36. The van der Waals surface area contributed by atoms with Crippen LogP contribution in [0, 0.1) is 5.92 Å². The van der Waals surface area contributed by atoms with Gasteiger partial charge in [0.15, 0.2) is 5.96 Å². The molecule has 7 nitrogen and oxygen atoms in total. The number of benzene rings is 1. The molecule has 1 aliphatic rings. The molecule has 0 spiro atoms. The molecule has 1 aliphatic carbocycles. The Bertz CT molecular complexity index is 672. The lowest BCUT2D eigenvalue weighted by Gasteiger charge is -2.22. The monoisotopic (exact) mass is 354 g/mol. The minimum atomic E-state index is -3.69. The van der Waals surface area contributed by atoms with Gasteiger partial charge in [-0.25, -0.2) is 13.6 Å². The topological polar surface area (TPSA) is 97.0 Å². The van der Waals surface area contributed by atoms with Crippen molar-refractivity contribution in [1.29, 1.82) is 0 Å². The van der Waals surface area contributed by atoms with E-state index in [0.29, 0.717) is 13.2 Å². The molecule has 0 bridgehead atoms. The van der Waals surface area contributed by atoms with Crippen LogP contribution in [0.5, 0.6) is 0 Å². The Kier molecular flexibility index (Phi) is 6.59. The normalized spacial score (nSPS) is 15.4. The summed E-state index contributed by atoms with van der Waals surface area (Å²) in [5.74, 6) is 1.49. The first-order valence-corrected chi connectivity index (χ1v) is 9.56. The van der Waals surface area contributed by atoms with Crippen molar-refractivity contribution < 1.29 is 13.2 Å². The van der Waals surface area contributed by atoms with Crippen LogP contribution >= 0.6 is 0 Å². The highest BCUT2D eigenvalue weighted by Gasteiger charge is 2.21. The van der Waals surface area contributed by atoms with Crippen molar-refractivity contribution in [3.8, 4) is 0 Å². The molecule has 1 aromatic rings. The molecule has 1 aromatic carbocycles. The minimum absolute atomic E-state index is 0.110. The predicted octanol–water partition coefficient (Wildman–Crippen LogP) is 0.768. The third-order valence-electron chi connectivity index (χ3n) is 3.87. The number of nitrogens with one attached hydrogen (secondary N) is 1. The summed E-state index contributed by atoms with van der Waals surface area (Å²) in [5, 5.41) is 8.37. The maximum Gasteiger partial charge on any atom is 0.238 e. The van der Waals surface area contributed by atoms with Gasteiger partial charge in [0, 0.05) is 33.8 Å². The zero-order chi connectivity index (χ0) is 17.6. The van der Waals surface area contributed by atoms with E-state index in [2.05, 4.69) is 10.3 Å². The second-order valence-corrected chi connectivity index (χ2v) is 7.59. The first-order valence-electron chi connectivity index (χ1n) is 8.01. The van der Waals surface area contributed by atoms with Crippen LogP contribution in [0.25, 0.3) is 0 Å². The van der Waals surface area contributed by atoms with Crippen LogP contribution in [0.1, 0.15) is 18.4 Å². The van der Waals surface area contributed by atoms with E-state index >= 15 is 0 Å². The van der Waals surface area contributed by atoms with Gasteiger partial charge in [-0.05, 0) is 36.5 Å². The van der Waals surface area contributed by atoms with Crippen molar-refractivity contribution in [2.45, 2.75) is 24.3 Å². The molecule has 3 N–H and O–H groups in total. The first-order chi connectivity index (χ1) is 11.4. The molecule has 8 heteroatoms. The van der Waals surface area contributed by atoms with Crippen molar-refractivity contribution in [3.05, 3.63) is 29.8 Å². The highest BCUT2D eigenvalue weighted by Crippen LogP contribution is 2.28. The van der Waals surface area contributed by atoms with Crippen molar-refractivity contribution in [2.75, 3.05) is 33.9 Å². The van der Waals surface area contributed by atoms with Gasteiger partial charge < -0.3 is 15.0 Å². The van der Waals surface area contributed by atoms with Gasteiger partial charge in [0.05, 0.1) is 11.5 Å². The average molecular weight is 354 g/mol. The van der Waals surface area contributed by atoms with Crippen LogP contribution in [0.3, 0.4) is 0 Å². The summed E-state index contributed by atoms with van der Waals surface area (Å²) < 4.78 is 28.4. The molecule has 1 saturated carbocycles. The summed E-state index contributed by atoms with van der Waals surface area (Å²) in [6.07, 6.45) is 2.58. The molecule has 134 valence electrons. The number of ether oxygens (including phenoxy) is 1. The summed E-state index contributed by atoms with van der Waals surface area (Å²) >= 11 is 0. The van der Waals surface area contributed by atoms with Gasteiger partial charge in [0.2, 0.25) is 10.0 Å². The number of nitrogens with zero attached hydrogens (tertiary/aromatic N) is 2. The van der Waals surface area contributed by atoms with Crippen LogP contribution in [0.15, 0.2) is 34.2 Å². The fraction of sp³-hybridized carbons (Fsp3) is 0.562. The lowest BCUT2D eigenvalue weighted by molar-refractivity contribution is 0.115. The fourth-order valence-corrected chi connectivity index (χ4v) is 2.82. The number of nitrogens with two attached hydrogens (primary N) is 1. The molecule has 0 atom stereocenters.